The van der Waals surface area contributed by atoms with Gasteiger partial charge in [-0.25, -0.2) is 9.78 Å². The van der Waals surface area contributed by atoms with E-state index in [-0.39, 0.29) is 6.03 Å². The third kappa shape index (κ3) is 4.45. The first-order valence-corrected chi connectivity index (χ1v) is 8.72. The van der Waals surface area contributed by atoms with E-state index in [4.69, 9.17) is 0 Å². The van der Waals surface area contributed by atoms with E-state index in [2.05, 4.69) is 26.3 Å². The molecule has 0 radical (unpaired) electrons. The first kappa shape index (κ1) is 16.3. The normalized spacial score (nSPS) is 10.5. The van der Waals surface area contributed by atoms with Gasteiger partial charge in [-0.3, -0.25) is 0 Å². The minimum Gasteiger partial charge on any atom is -0.338 e. The number of nitrogens with zero attached hydrogens (tertiary/aromatic N) is 2. The van der Waals surface area contributed by atoms with Crippen LogP contribution in [0.25, 0.3) is 0 Å². The number of aromatic nitrogens is 2. The number of aryl methyl sites for hydroxylation is 1. The molecule has 0 unspecified atom stereocenters. The fraction of sp³-hybridized carbons (Fsp3) is 0.222. The summed E-state index contributed by atoms with van der Waals surface area (Å²) in [6, 6.07) is 11.8. The van der Waals surface area contributed by atoms with Gasteiger partial charge >= 0.3 is 6.03 Å². The Balaban J connectivity index is 1.46. The predicted octanol–water partition coefficient (Wildman–Crippen LogP) is 3.67. The largest absolute Gasteiger partial charge is 0.338 e. The maximum absolute atomic E-state index is 11.9. The number of carbonyl (C=O) groups is 1. The molecule has 2 N–H and O–H groups in total. The van der Waals surface area contributed by atoms with E-state index in [1.54, 1.807) is 17.5 Å². The Kier molecular flexibility index (Phi) is 5.28. The van der Waals surface area contributed by atoms with Crippen LogP contribution in [-0.4, -0.2) is 22.1 Å². The van der Waals surface area contributed by atoms with E-state index < -0.39 is 0 Å². The highest BCUT2D eigenvalue weighted by Gasteiger charge is 2.03. The second-order valence-electron chi connectivity index (χ2n) is 5.51. The maximum Gasteiger partial charge on any atom is 0.319 e. The molecule has 0 aliphatic rings. The van der Waals surface area contributed by atoms with Gasteiger partial charge in [0.25, 0.3) is 0 Å². The molecule has 0 aliphatic carbocycles. The zero-order chi connectivity index (χ0) is 16.8. The lowest BCUT2D eigenvalue weighted by Crippen LogP contribution is -2.30. The van der Waals surface area contributed by atoms with E-state index >= 15 is 0 Å². The smallest absolute Gasteiger partial charge is 0.319 e. The van der Waals surface area contributed by atoms with Crippen molar-refractivity contribution < 1.29 is 4.79 Å². The van der Waals surface area contributed by atoms with Crippen LogP contribution in [0.3, 0.4) is 0 Å². The molecular formula is C18H20N4OS. The minimum absolute atomic E-state index is 0.176. The van der Waals surface area contributed by atoms with E-state index in [9.17, 15) is 4.79 Å². The Morgan fingerprint density at radius 3 is 2.75 bits per heavy atom. The van der Waals surface area contributed by atoms with Gasteiger partial charge in [0, 0.05) is 36.0 Å². The number of urea groups is 1. The molecule has 0 aliphatic heterocycles. The van der Waals surface area contributed by atoms with Crippen LogP contribution in [-0.2, 0) is 13.0 Å². The quantitative estimate of drug-likeness (QED) is 0.719. The molecule has 0 bridgehead atoms. The second kappa shape index (κ2) is 7.79. The van der Waals surface area contributed by atoms with Crippen LogP contribution >= 0.6 is 11.3 Å². The lowest BCUT2D eigenvalue weighted by Gasteiger charge is -2.09. The number of amides is 2. The van der Waals surface area contributed by atoms with E-state index in [1.165, 1.54) is 10.4 Å². The van der Waals surface area contributed by atoms with Crippen LogP contribution in [0.4, 0.5) is 10.5 Å². The molecule has 3 rings (SSSR count). The number of hydrogen-bond acceptors (Lipinski definition) is 3. The Morgan fingerprint density at radius 2 is 2.08 bits per heavy atom. The molecule has 0 spiro atoms. The lowest BCUT2D eigenvalue weighted by molar-refractivity contribution is 0.252. The first-order chi connectivity index (χ1) is 11.7. The van der Waals surface area contributed by atoms with Crippen LogP contribution in [0.5, 0.6) is 0 Å². The van der Waals surface area contributed by atoms with Gasteiger partial charge < -0.3 is 15.2 Å². The van der Waals surface area contributed by atoms with Gasteiger partial charge in [0.2, 0.25) is 0 Å². The second-order valence-corrected chi connectivity index (χ2v) is 6.54. The van der Waals surface area contributed by atoms with Gasteiger partial charge in [0.15, 0.2) is 0 Å². The van der Waals surface area contributed by atoms with Crippen molar-refractivity contribution in [3.8, 4) is 0 Å². The minimum atomic E-state index is -0.176. The molecule has 0 saturated heterocycles. The van der Waals surface area contributed by atoms with Crippen molar-refractivity contribution in [2.75, 3.05) is 11.9 Å². The summed E-state index contributed by atoms with van der Waals surface area (Å²) in [7, 11) is 0. The maximum atomic E-state index is 11.9. The average Bonchev–Trinajstić information content (AvgIpc) is 3.22. The van der Waals surface area contributed by atoms with Gasteiger partial charge in [0.05, 0.1) is 0 Å². The highest BCUT2D eigenvalue weighted by Crippen LogP contribution is 2.12. The fourth-order valence-electron chi connectivity index (χ4n) is 2.39. The van der Waals surface area contributed by atoms with E-state index in [0.29, 0.717) is 6.54 Å². The fourth-order valence-corrected chi connectivity index (χ4v) is 3.10. The van der Waals surface area contributed by atoms with Crippen LogP contribution < -0.4 is 10.6 Å². The van der Waals surface area contributed by atoms with Crippen molar-refractivity contribution in [2.45, 2.75) is 19.9 Å². The highest BCUT2D eigenvalue weighted by molar-refractivity contribution is 7.09. The molecule has 0 saturated carbocycles. The van der Waals surface area contributed by atoms with Crippen molar-refractivity contribution in [1.82, 2.24) is 14.9 Å². The standard InChI is InChI=1S/C18H20N4OS/c1-14-19-10-11-22(14)13-15-4-6-16(7-5-15)21-18(23)20-9-8-17-3-2-12-24-17/h2-7,10-12H,8-9,13H2,1H3,(H2,20,21,23). The third-order valence-electron chi connectivity index (χ3n) is 3.73. The van der Waals surface area contributed by atoms with Crippen molar-refractivity contribution in [3.05, 3.63) is 70.4 Å². The average molecular weight is 340 g/mol. The molecule has 2 amide bonds. The third-order valence-corrected chi connectivity index (χ3v) is 4.66. The summed E-state index contributed by atoms with van der Waals surface area (Å²) >= 11 is 1.70. The van der Waals surface area contributed by atoms with Crippen molar-refractivity contribution in [3.63, 3.8) is 0 Å². The van der Waals surface area contributed by atoms with Gasteiger partial charge in [-0.15, -0.1) is 11.3 Å². The topological polar surface area (TPSA) is 59.0 Å². The first-order valence-electron chi connectivity index (χ1n) is 7.84. The molecule has 2 aromatic heterocycles. The number of nitrogens with one attached hydrogen (secondary N) is 2. The number of anilines is 1. The summed E-state index contributed by atoms with van der Waals surface area (Å²) in [6.45, 7) is 3.39. The van der Waals surface area contributed by atoms with Crippen molar-refractivity contribution in [1.29, 1.82) is 0 Å². The van der Waals surface area contributed by atoms with Gasteiger partial charge in [0.1, 0.15) is 5.82 Å². The molecule has 124 valence electrons. The SMILES string of the molecule is Cc1nccn1Cc1ccc(NC(=O)NCCc2cccs2)cc1. The number of hydrogen-bond donors (Lipinski definition) is 2. The summed E-state index contributed by atoms with van der Waals surface area (Å²) in [5, 5.41) is 7.77. The lowest BCUT2D eigenvalue weighted by atomic mass is 10.2. The Morgan fingerprint density at radius 1 is 1.25 bits per heavy atom. The van der Waals surface area contributed by atoms with Crippen LogP contribution in [0, 0.1) is 6.92 Å². The van der Waals surface area contributed by atoms with Gasteiger partial charge in [-0.05, 0) is 42.5 Å². The van der Waals surface area contributed by atoms with Crippen LogP contribution in [0.15, 0.2) is 54.2 Å². The molecule has 6 heteroatoms. The molecule has 24 heavy (non-hydrogen) atoms. The monoisotopic (exact) mass is 340 g/mol. The molecule has 0 fully saturated rings. The summed E-state index contributed by atoms with van der Waals surface area (Å²) < 4.78 is 2.08. The molecule has 3 aromatic rings. The number of imidazole rings is 1. The molecular weight excluding hydrogens is 320 g/mol. The molecule has 5 nitrogen and oxygen atoms in total. The Labute approximate surface area is 145 Å². The Hall–Kier alpha value is -2.60. The summed E-state index contributed by atoms with van der Waals surface area (Å²) in [4.78, 5) is 17.4. The van der Waals surface area contributed by atoms with Gasteiger partial charge in [-0.1, -0.05) is 18.2 Å². The number of thiophene rings is 1. The highest BCUT2D eigenvalue weighted by atomic mass is 32.1. The number of rotatable bonds is 6. The van der Waals surface area contributed by atoms with Crippen LogP contribution in [0.2, 0.25) is 0 Å². The van der Waals surface area contributed by atoms with Crippen LogP contribution in [0.1, 0.15) is 16.3 Å². The molecule has 2 heterocycles. The molecule has 1 aromatic carbocycles. The zero-order valence-electron chi connectivity index (χ0n) is 13.5. The molecule has 0 atom stereocenters. The van der Waals surface area contributed by atoms with E-state index in [1.807, 2.05) is 48.8 Å². The Bertz CT molecular complexity index is 778. The zero-order valence-corrected chi connectivity index (χ0v) is 14.3. The number of carbonyl (C=O) groups excluding carboxylic acids is 1. The number of benzene rings is 1. The van der Waals surface area contributed by atoms with E-state index in [0.717, 1.165) is 24.5 Å². The summed E-state index contributed by atoms with van der Waals surface area (Å²) in [5.41, 5.74) is 1.95. The summed E-state index contributed by atoms with van der Waals surface area (Å²) in [6.07, 6.45) is 4.61. The van der Waals surface area contributed by atoms with Gasteiger partial charge in [-0.2, -0.15) is 0 Å². The predicted molar refractivity (Wildman–Crippen MR) is 97.6 cm³/mol. The summed E-state index contributed by atoms with van der Waals surface area (Å²) in [5.74, 6) is 0.988. The van der Waals surface area contributed by atoms with Crippen molar-refractivity contribution >= 4 is 23.1 Å². The van der Waals surface area contributed by atoms with Crippen molar-refractivity contribution in [2.24, 2.45) is 0 Å².